The first kappa shape index (κ1) is 20.9. The van der Waals surface area contributed by atoms with Crippen molar-refractivity contribution in [3.63, 3.8) is 0 Å². The van der Waals surface area contributed by atoms with Gasteiger partial charge in [-0.1, -0.05) is 27.5 Å². The summed E-state index contributed by atoms with van der Waals surface area (Å²) in [6.45, 7) is 1.66. The largest absolute Gasteiger partial charge is 0.481 e. The molecule has 2 amide bonds. The molecule has 3 aromatic rings. The fourth-order valence-corrected chi connectivity index (χ4v) is 2.85. The van der Waals surface area contributed by atoms with E-state index in [9.17, 15) is 9.59 Å². The number of hydrogen-bond acceptors (Lipinski definition) is 3. The summed E-state index contributed by atoms with van der Waals surface area (Å²) in [5.41, 5.74) is 1.81. The fourth-order valence-electron chi connectivity index (χ4n) is 2.46. The summed E-state index contributed by atoms with van der Waals surface area (Å²) in [5, 5.41) is 6.18. The van der Waals surface area contributed by atoms with Crippen molar-refractivity contribution in [2.45, 2.75) is 13.0 Å². The zero-order valence-corrected chi connectivity index (χ0v) is 17.8. The van der Waals surface area contributed by atoms with Crippen LogP contribution >= 0.6 is 27.5 Å². The summed E-state index contributed by atoms with van der Waals surface area (Å²) in [4.78, 5) is 24.6. The smallest absolute Gasteiger partial charge is 0.265 e. The van der Waals surface area contributed by atoms with Crippen LogP contribution in [0.1, 0.15) is 17.3 Å². The van der Waals surface area contributed by atoms with E-state index in [4.69, 9.17) is 16.3 Å². The molecule has 0 aliphatic carbocycles. The number of carbonyl (C=O) groups is 2. The van der Waals surface area contributed by atoms with Gasteiger partial charge in [-0.3, -0.25) is 9.59 Å². The Labute approximate surface area is 182 Å². The molecule has 0 aliphatic heterocycles. The van der Waals surface area contributed by atoms with Crippen LogP contribution in [0.5, 0.6) is 5.75 Å². The van der Waals surface area contributed by atoms with E-state index in [1.165, 1.54) is 0 Å². The number of rotatable bonds is 6. The molecule has 2 N–H and O–H groups in total. The van der Waals surface area contributed by atoms with Crippen molar-refractivity contribution in [1.29, 1.82) is 0 Å². The number of carbonyl (C=O) groups excluding carboxylic acids is 2. The van der Waals surface area contributed by atoms with Crippen LogP contribution in [0.4, 0.5) is 11.4 Å². The third kappa shape index (κ3) is 6.07. The lowest BCUT2D eigenvalue weighted by atomic mass is 10.2. The van der Waals surface area contributed by atoms with Crippen molar-refractivity contribution in [1.82, 2.24) is 0 Å². The highest BCUT2D eigenvalue weighted by Gasteiger charge is 2.15. The molecule has 5 nitrogen and oxygen atoms in total. The van der Waals surface area contributed by atoms with Gasteiger partial charge in [0.05, 0.1) is 0 Å². The average Bonchev–Trinajstić information content (AvgIpc) is 2.72. The Kier molecular flexibility index (Phi) is 6.90. The Balaban J connectivity index is 1.56. The van der Waals surface area contributed by atoms with Crippen LogP contribution in [0.3, 0.4) is 0 Å². The second kappa shape index (κ2) is 9.58. The molecule has 148 valence electrons. The molecule has 0 saturated carbocycles. The van der Waals surface area contributed by atoms with Crippen LogP contribution in [0.2, 0.25) is 5.02 Å². The van der Waals surface area contributed by atoms with E-state index in [1.807, 2.05) is 12.1 Å². The summed E-state index contributed by atoms with van der Waals surface area (Å²) in [6, 6.07) is 20.7. The van der Waals surface area contributed by atoms with Crippen molar-refractivity contribution in [2.24, 2.45) is 0 Å². The van der Waals surface area contributed by atoms with Crippen molar-refractivity contribution in [3.8, 4) is 5.75 Å². The summed E-state index contributed by atoms with van der Waals surface area (Å²) in [6.07, 6.45) is -0.701. The maximum Gasteiger partial charge on any atom is 0.265 e. The van der Waals surface area contributed by atoms with E-state index in [2.05, 4.69) is 26.6 Å². The van der Waals surface area contributed by atoms with Gasteiger partial charge in [0.2, 0.25) is 0 Å². The molecule has 0 aliphatic rings. The van der Waals surface area contributed by atoms with Gasteiger partial charge < -0.3 is 15.4 Å². The lowest BCUT2D eigenvalue weighted by molar-refractivity contribution is -0.122. The van der Waals surface area contributed by atoms with Crippen LogP contribution < -0.4 is 15.4 Å². The third-order valence-corrected chi connectivity index (χ3v) is 4.79. The molecule has 3 rings (SSSR count). The molecule has 0 spiro atoms. The van der Waals surface area contributed by atoms with Crippen molar-refractivity contribution in [2.75, 3.05) is 10.6 Å². The predicted molar refractivity (Wildman–Crippen MR) is 119 cm³/mol. The Hall–Kier alpha value is -2.83. The van der Waals surface area contributed by atoms with E-state index in [0.717, 1.165) is 4.47 Å². The molecule has 0 radical (unpaired) electrons. The van der Waals surface area contributed by atoms with E-state index < -0.39 is 6.10 Å². The van der Waals surface area contributed by atoms with Gasteiger partial charge in [0.1, 0.15) is 5.75 Å². The van der Waals surface area contributed by atoms with Gasteiger partial charge in [0.15, 0.2) is 6.10 Å². The monoisotopic (exact) mass is 472 g/mol. The quantitative estimate of drug-likeness (QED) is 0.478. The van der Waals surface area contributed by atoms with Gasteiger partial charge in [-0.05, 0) is 79.7 Å². The first-order chi connectivity index (χ1) is 13.9. The first-order valence-electron chi connectivity index (χ1n) is 8.81. The zero-order chi connectivity index (χ0) is 20.8. The molecule has 0 aromatic heterocycles. The lowest BCUT2D eigenvalue weighted by Gasteiger charge is -2.15. The average molecular weight is 474 g/mol. The Morgan fingerprint density at radius 2 is 1.41 bits per heavy atom. The van der Waals surface area contributed by atoms with Gasteiger partial charge in [0.25, 0.3) is 11.8 Å². The highest BCUT2D eigenvalue weighted by Crippen LogP contribution is 2.18. The Morgan fingerprint density at radius 1 is 0.862 bits per heavy atom. The zero-order valence-electron chi connectivity index (χ0n) is 15.5. The second-order valence-corrected chi connectivity index (χ2v) is 7.59. The molecule has 0 saturated heterocycles. The minimum absolute atomic E-state index is 0.250. The highest BCUT2D eigenvalue weighted by molar-refractivity contribution is 9.10. The van der Waals surface area contributed by atoms with E-state index in [-0.39, 0.29) is 11.8 Å². The van der Waals surface area contributed by atoms with E-state index in [1.54, 1.807) is 67.6 Å². The van der Waals surface area contributed by atoms with Crippen LogP contribution in [0.15, 0.2) is 77.3 Å². The molecular formula is C22H18BrClN2O3. The number of nitrogens with one attached hydrogen (secondary N) is 2. The summed E-state index contributed by atoms with van der Waals surface area (Å²) in [5.74, 6) is -0.0247. The normalized spacial score (nSPS) is 11.4. The third-order valence-electron chi connectivity index (χ3n) is 4.01. The number of halogens is 2. The minimum Gasteiger partial charge on any atom is -0.481 e. The summed E-state index contributed by atoms with van der Waals surface area (Å²) < 4.78 is 6.60. The number of amides is 2. The van der Waals surface area contributed by atoms with Gasteiger partial charge in [-0.15, -0.1) is 0 Å². The van der Waals surface area contributed by atoms with E-state index >= 15 is 0 Å². The maximum absolute atomic E-state index is 12.3. The number of anilines is 2. The molecule has 3 aromatic carbocycles. The molecule has 0 unspecified atom stereocenters. The van der Waals surface area contributed by atoms with Gasteiger partial charge in [-0.2, -0.15) is 0 Å². The number of ether oxygens (including phenoxy) is 1. The summed E-state index contributed by atoms with van der Waals surface area (Å²) >= 11 is 9.19. The van der Waals surface area contributed by atoms with Crippen LogP contribution in [0, 0.1) is 0 Å². The predicted octanol–water partition coefficient (Wildman–Crippen LogP) is 5.76. The summed E-state index contributed by atoms with van der Waals surface area (Å²) in [7, 11) is 0. The molecule has 0 fully saturated rings. The molecule has 29 heavy (non-hydrogen) atoms. The Bertz CT molecular complexity index is 990. The molecular weight excluding hydrogens is 456 g/mol. The maximum atomic E-state index is 12.3. The second-order valence-electron chi connectivity index (χ2n) is 6.24. The minimum atomic E-state index is -0.701. The van der Waals surface area contributed by atoms with Crippen LogP contribution in [-0.4, -0.2) is 17.9 Å². The molecule has 7 heteroatoms. The SMILES string of the molecule is C[C@@H](Oc1ccc(C(=O)Nc2ccc(Cl)cc2)cc1)C(=O)Nc1ccc(Br)cc1. The topological polar surface area (TPSA) is 67.4 Å². The number of benzene rings is 3. The highest BCUT2D eigenvalue weighted by atomic mass is 79.9. The molecule has 0 heterocycles. The van der Waals surface area contributed by atoms with Gasteiger partial charge in [0, 0.05) is 26.4 Å². The lowest BCUT2D eigenvalue weighted by Crippen LogP contribution is -2.30. The standard InChI is InChI=1S/C22H18BrClN2O3/c1-14(21(27)25-18-8-4-16(23)5-9-18)29-20-12-2-15(3-13-20)22(28)26-19-10-6-17(24)7-11-19/h2-14H,1H3,(H,25,27)(H,26,28)/t14-/m1/s1. The molecule has 1 atom stereocenters. The molecule has 0 bridgehead atoms. The van der Waals surface area contributed by atoms with Gasteiger partial charge >= 0.3 is 0 Å². The van der Waals surface area contributed by atoms with Crippen molar-refractivity contribution >= 4 is 50.7 Å². The first-order valence-corrected chi connectivity index (χ1v) is 9.98. The van der Waals surface area contributed by atoms with Gasteiger partial charge in [-0.25, -0.2) is 0 Å². The van der Waals surface area contributed by atoms with E-state index in [0.29, 0.717) is 27.7 Å². The fraction of sp³-hybridized carbons (Fsp3) is 0.0909. The van der Waals surface area contributed by atoms with Crippen molar-refractivity contribution < 1.29 is 14.3 Å². The van der Waals surface area contributed by atoms with Crippen LogP contribution in [-0.2, 0) is 4.79 Å². The Morgan fingerprint density at radius 3 is 2.03 bits per heavy atom. The van der Waals surface area contributed by atoms with Crippen molar-refractivity contribution in [3.05, 3.63) is 87.9 Å². The van der Waals surface area contributed by atoms with Crippen LogP contribution in [0.25, 0.3) is 0 Å². The number of hydrogen-bond donors (Lipinski definition) is 2.